The van der Waals surface area contributed by atoms with E-state index in [2.05, 4.69) is 0 Å². The highest BCUT2D eigenvalue weighted by Gasteiger charge is 2.31. The maximum atomic E-state index is 12.0. The van der Waals surface area contributed by atoms with Crippen molar-refractivity contribution in [2.75, 3.05) is 31.7 Å². The Kier molecular flexibility index (Phi) is 5.19. The molecule has 0 saturated carbocycles. The number of ether oxygens (including phenoxy) is 1. The van der Waals surface area contributed by atoms with Crippen molar-refractivity contribution in [1.29, 1.82) is 0 Å². The van der Waals surface area contributed by atoms with E-state index in [-0.39, 0.29) is 6.54 Å². The molecule has 3 rings (SSSR count). The third-order valence-electron chi connectivity index (χ3n) is 4.36. The fourth-order valence-corrected chi connectivity index (χ4v) is 4.18. The topological polar surface area (TPSA) is 92.0 Å². The maximum Gasteiger partial charge on any atom is 0.325 e. The number of rotatable bonds is 6. The summed E-state index contributed by atoms with van der Waals surface area (Å²) >= 11 is 1.81. The fourth-order valence-electron chi connectivity index (χ4n) is 3.25. The summed E-state index contributed by atoms with van der Waals surface area (Å²) in [7, 11) is 1.55. The molecule has 0 unspecified atom stereocenters. The van der Waals surface area contributed by atoms with Crippen LogP contribution < -0.4 is 4.74 Å². The summed E-state index contributed by atoms with van der Waals surface area (Å²) in [6.45, 7) is 1.17. The van der Waals surface area contributed by atoms with E-state index in [1.807, 2.05) is 16.7 Å². The smallest absolute Gasteiger partial charge is 0.325 e. The van der Waals surface area contributed by atoms with Gasteiger partial charge in [0, 0.05) is 47.3 Å². The van der Waals surface area contributed by atoms with Crippen LogP contribution in [-0.4, -0.2) is 63.3 Å². The third-order valence-corrected chi connectivity index (χ3v) is 5.31. The molecule has 0 aliphatic carbocycles. The maximum absolute atomic E-state index is 12.0. The number of hydrogen-bond acceptors (Lipinski definition) is 5. The van der Waals surface area contributed by atoms with E-state index >= 15 is 0 Å². The first-order valence-electron chi connectivity index (χ1n) is 7.94. The summed E-state index contributed by atoms with van der Waals surface area (Å²) in [5.41, 5.74) is 1.30. The lowest BCUT2D eigenvalue weighted by Crippen LogP contribution is -2.39. The quantitative estimate of drug-likeness (QED) is 0.809. The molecule has 1 fully saturated rings. The molecular formula is C17H20N2O5S. The highest BCUT2D eigenvalue weighted by atomic mass is 32.2. The van der Waals surface area contributed by atoms with Gasteiger partial charge in [-0.2, -0.15) is 11.8 Å². The van der Waals surface area contributed by atoms with Crippen LogP contribution in [0.4, 0.5) is 0 Å². The lowest BCUT2D eigenvalue weighted by atomic mass is 10.0. The number of fused-ring (bicyclic) bond motifs is 1. The monoisotopic (exact) mass is 364 g/mol. The zero-order chi connectivity index (χ0) is 18.0. The molecular weight excluding hydrogens is 344 g/mol. The molecule has 25 heavy (non-hydrogen) atoms. The molecule has 1 aromatic heterocycles. The standard InChI is InChI=1S/C17H20N2O5S/c1-24-11-2-3-14-12(8-11)13(9-19(14)10-15(20)21)16(17(22)23)18-4-6-25-7-5-18/h2-3,8-9,16H,4-7,10H2,1H3,(H,20,21)(H,22,23)/t16-/m1/s1. The number of benzene rings is 1. The summed E-state index contributed by atoms with van der Waals surface area (Å²) in [6, 6.07) is 4.49. The molecule has 134 valence electrons. The Hall–Kier alpha value is -2.19. The Morgan fingerprint density at radius 2 is 2.00 bits per heavy atom. The van der Waals surface area contributed by atoms with Gasteiger partial charge in [-0.15, -0.1) is 0 Å². The van der Waals surface area contributed by atoms with Crippen LogP contribution >= 0.6 is 11.8 Å². The second-order valence-corrected chi connectivity index (χ2v) is 7.10. The lowest BCUT2D eigenvalue weighted by molar-refractivity contribution is -0.143. The van der Waals surface area contributed by atoms with Crippen LogP contribution in [0.5, 0.6) is 5.75 Å². The Labute approximate surface area is 149 Å². The molecule has 8 heteroatoms. The van der Waals surface area contributed by atoms with Gasteiger partial charge in [-0.25, -0.2) is 0 Å². The summed E-state index contributed by atoms with van der Waals surface area (Å²) in [5.74, 6) is 0.492. The zero-order valence-electron chi connectivity index (χ0n) is 13.8. The van der Waals surface area contributed by atoms with Crippen molar-refractivity contribution in [3.8, 4) is 5.75 Å². The number of carboxylic acid groups (broad SMARTS) is 2. The first-order valence-corrected chi connectivity index (χ1v) is 9.10. The minimum absolute atomic E-state index is 0.217. The molecule has 0 bridgehead atoms. The molecule has 1 saturated heterocycles. The van der Waals surface area contributed by atoms with Crippen LogP contribution in [0.1, 0.15) is 11.6 Å². The van der Waals surface area contributed by atoms with Crippen LogP contribution in [0.25, 0.3) is 10.9 Å². The van der Waals surface area contributed by atoms with Crippen molar-refractivity contribution in [1.82, 2.24) is 9.47 Å². The summed E-state index contributed by atoms with van der Waals surface area (Å²) in [5, 5.41) is 19.7. The average molecular weight is 364 g/mol. The van der Waals surface area contributed by atoms with Crippen molar-refractivity contribution in [2.24, 2.45) is 0 Å². The Bertz CT molecular complexity index is 798. The fraction of sp³-hybridized carbons (Fsp3) is 0.412. The van der Waals surface area contributed by atoms with Gasteiger partial charge in [-0.05, 0) is 18.2 Å². The Balaban J connectivity index is 2.14. The molecule has 0 radical (unpaired) electrons. The predicted molar refractivity (Wildman–Crippen MR) is 95.4 cm³/mol. The summed E-state index contributed by atoms with van der Waals surface area (Å²) < 4.78 is 6.85. The van der Waals surface area contributed by atoms with Crippen LogP contribution in [0.2, 0.25) is 0 Å². The van der Waals surface area contributed by atoms with Crippen LogP contribution in [0.3, 0.4) is 0 Å². The van der Waals surface area contributed by atoms with Gasteiger partial charge in [-0.1, -0.05) is 0 Å². The van der Waals surface area contributed by atoms with Crippen LogP contribution in [0.15, 0.2) is 24.4 Å². The number of aromatic nitrogens is 1. The minimum Gasteiger partial charge on any atom is -0.497 e. The molecule has 2 N–H and O–H groups in total. The predicted octanol–water partition coefficient (Wildman–Crippen LogP) is 1.91. The highest BCUT2D eigenvalue weighted by molar-refractivity contribution is 7.99. The van der Waals surface area contributed by atoms with Crippen molar-refractivity contribution < 1.29 is 24.5 Å². The van der Waals surface area contributed by atoms with Crippen molar-refractivity contribution in [3.05, 3.63) is 30.0 Å². The number of hydrogen-bond donors (Lipinski definition) is 2. The zero-order valence-corrected chi connectivity index (χ0v) is 14.7. The van der Waals surface area contributed by atoms with Crippen LogP contribution in [0, 0.1) is 0 Å². The average Bonchev–Trinajstić information content (AvgIpc) is 2.92. The highest BCUT2D eigenvalue weighted by Crippen LogP contribution is 2.34. The van der Waals surface area contributed by atoms with Crippen molar-refractivity contribution in [2.45, 2.75) is 12.6 Å². The normalized spacial score (nSPS) is 16.7. The van der Waals surface area contributed by atoms with Crippen LogP contribution in [-0.2, 0) is 16.1 Å². The molecule has 1 aliphatic rings. The second kappa shape index (κ2) is 7.37. The van der Waals surface area contributed by atoms with Crippen molar-refractivity contribution in [3.63, 3.8) is 0 Å². The van der Waals surface area contributed by atoms with E-state index in [4.69, 9.17) is 9.84 Å². The number of carbonyl (C=O) groups is 2. The van der Waals surface area contributed by atoms with Crippen molar-refractivity contribution >= 4 is 34.6 Å². The molecule has 7 nitrogen and oxygen atoms in total. The van der Waals surface area contributed by atoms with E-state index in [0.717, 1.165) is 11.5 Å². The van der Waals surface area contributed by atoms with Gasteiger partial charge in [0.15, 0.2) is 0 Å². The van der Waals surface area contributed by atoms with Gasteiger partial charge < -0.3 is 19.5 Å². The molecule has 0 amide bonds. The van der Waals surface area contributed by atoms with Gasteiger partial charge in [0.25, 0.3) is 0 Å². The third kappa shape index (κ3) is 3.59. The number of aliphatic carboxylic acids is 2. The van der Waals surface area contributed by atoms with Gasteiger partial charge in [0.1, 0.15) is 18.3 Å². The summed E-state index contributed by atoms with van der Waals surface area (Å²) in [4.78, 5) is 25.1. The van der Waals surface area contributed by atoms with E-state index in [9.17, 15) is 14.7 Å². The first kappa shape index (κ1) is 17.6. The molecule has 1 aromatic carbocycles. The summed E-state index contributed by atoms with van der Waals surface area (Å²) in [6.07, 6.45) is 1.65. The lowest BCUT2D eigenvalue weighted by Gasteiger charge is -2.31. The molecule has 2 aromatic rings. The molecule has 1 atom stereocenters. The van der Waals surface area contributed by atoms with E-state index in [1.54, 1.807) is 36.1 Å². The van der Waals surface area contributed by atoms with E-state index in [1.165, 1.54) is 0 Å². The van der Waals surface area contributed by atoms with Gasteiger partial charge in [0.2, 0.25) is 0 Å². The number of nitrogens with zero attached hydrogens (tertiary/aromatic N) is 2. The number of methoxy groups -OCH3 is 1. The molecule has 2 heterocycles. The molecule has 1 aliphatic heterocycles. The van der Waals surface area contributed by atoms with E-state index < -0.39 is 18.0 Å². The van der Waals surface area contributed by atoms with Gasteiger partial charge >= 0.3 is 11.9 Å². The Morgan fingerprint density at radius 1 is 1.28 bits per heavy atom. The molecule has 0 spiro atoms. The largest absolute Gasteiger partial charge is 0.497 e. The number of carboxylic acids is 2. The first-order chi connectivity index (χ1) is 12.0. The van der Waals surface area contributed by atoms with E-state index in [0.29, 0.717) is 35.3 Å². The second-order valence-electron chi connectivity index (χ2n) is 5.88. The van der Waals surface area contributed by atoms with Gasteiger partial charge in [0.05, 0.1) is 7.11 Å². The van der Waals surface area contributed by atoms with Gasteiger partial charge in [-0.3, -0.25) is 14.5 Å². The SMILES string of the molecule is COc1ccc2c(c1)c([C@H](C(=O)O)N1CCSCC1)cn2CC(=O)O. The Morgan fingerprint density at radius 3 is 2.60 bits per heavy atom. The number of thioether (sulfide) groups is 1. The minimum atomic E-state index is -0.972.